The van der Waals surface area contributed by atoms with E-state index in [1.165, 1.54) is 0 Å². The molecule has 1 rings (SSSR count). The molecule has 0 spiro atoms. The Kier molecular flexibility index (Phi) is 2.80. The second-order valence-electron chi connectivity index (χ2n) is 2.50. The Morgan fingerprint density at radius 1 is 0.923 bits per heavy atom. The minimum Gasteiger partial charge on any atom is -0.386 e. The van der Waals surface area contributed by atoms with Crippen molar-refractivity contribution < 1.29 is 14.3 Å². The monoisotopic (exact) mass is 178 g/mol. The van der Waals surface area contributed by atoms with Gasteiger partial charge in [0.05, 0.1) is 11.1 Å². The number of esters is 2. The molecule has 0 atom stereocenters. The lowest BCUT2D eigenvalue weighted by atomic mass is 10.1. The Labute approximate surface area is 76.4 Å². The molecule has 3 nitrogen and oxygen atoms in total. The van der Waals surface area contributed by atoms with E-state index in [0.29, 0.717) is 11.1 Å². The third kappa shape index (κ3) is 1.75. The number of cyclic esters (lactones) is 2. The summed E-state index contributed by atoms with van der Waals surface area (Å²) >= 11 is 0. The molecule has 1 heterocycles. The van der Waals surface area contributed by atoms with E-state index in [1.807, 2.05) is 0 Å². The van der Waals surface area contributed by atoms with Gasteiger partial charge in [-0.05, 0) is 13.8 Å². The van der Waals surface area contributed by atoms with Gasteiger partial charge in [-0.15, -0.1) is 0 Å². The van der Waals surface area contributed by atoms with Gasteiger partial charge in [0.15, 0.2) is 0 Å². The molecule has 0 aromatic carbocycles. The molecule has 13 heavy (non-hydrogen) atoms. The molecule has 0 amide bonds. The molecule has 1 aliphatic rings. The molecule has 1 aliphatic heterocycles. The SMILES string of the molecule is C/C=C\C1=C(/C=C\C)C(=O)OC1=O. The van der Waals surface area contributed by atoms with Gasteiger partial charge >= 0.3 is 11.9 Å². The number of allylic oxidation sites excluding steroid dienone is 2. The average Bonchev–Trinajstić information content (AvgIpc) is 2.33. The topological polar surface area (TPSA) is 43.4 Å². The Morgan fingerprint density at radius 3 is 1.62 bits per heavy atom. The van der Waals surface area contributed by atoms with Gasteiger partial charge in [-0.1, -0.05) is 24.3 Å². The number of rotatable bonds is 2. The highest BCUT2D eigenvalue weighted by Gasteiger charge is 2.28. The van der Waals surface area contributed by atoms with Crippen LogP contribution in [0.1, 0.15) is 13.8 Å². The summed E-state index contributed by atoms with van der Waals surface area (Å²) in [4.78, 5) is 22.1. The first-order chi connectivity index (χ1) is 6.20. The first kappa shape index (κ1) is 9.45. The zero-order valence-corrected chi connectivity index (χ0v) is 7.53. The summed E-state index contributed by atoms with van der Waals surface area (Å²) in [6.45, 7) is 3.55. The summed E-state index contributed by atoms with van der Waals surface area (Å²) in [5, 5.41) is 0. The highest BCUT2D eigenvalue weighted by atomic mass is 16.6. The third-order valence-electron chi connectivity index (χ3n) is 1.58. The average molecular weight is 178 g/mol. The van der Waals surface area contributed by atoms with Crippen LogP contribution in [0.5, 0.6) is 0 Å². The van der Waals surface area contributed by atoms with E-state index < -0.39 is 11.9 Å². The number of ether oxygens (including phenoxy) is 1. The minimum atomic E-state index is -0.573. The van der Waals surface area contributed by atoms with Crippen LogP contribution in [0.25, 0.3) is 0 Å². The van der Waals surface area contributed by atoms with E-state index in [1.54, 1.807) is 38.2 Å². The second kappa shape index (κ2) is 3.85. The summed E-state index contributed by atoms with van der Waals surface area (Å²) in [7, 11) is 0. The van der Waals surface area contributed by atoms with Crippen LogP contribution in [0.3, 0.4) is 0 Å². The minimum absolute atomic E-state index is 0.325. The highest BCUT2D eigenvalue weighted by Crippen LogP contribution is 2.19. The zero-order chi connectivity index (χ0) is 9.84. The van der Waals surface area contributed by atoms with E-state index in [9.17, 15) is 9.59 Å². The fourth-order valence-corrected chi connectivity index (χ4v) is 1.06. The van der Waals surface area contributed by atoms with Crippen molar-refractivity contribution in [2.24, 2.45) is 0 Å². The maximum absolute atomic E-state index is 11.1. The predicted octanol–water partition coefficient (Wildman–Crippen LogP) is 1.52. The fraction of sp³-hybridized carbons (Fsp3) is 0.200. The van der Waals surface area contributed by atoms with Gasteiger partial charge in [-0.2, -0.15) is 0 Å². The standard InChI is InChI=1S/C10H10O3/c1-3-5-7-8(6-4-2)10(12)13-9(7)11/h3-6H,1-2H3/b5-3-,6-4-. The molecule has 0 saturated heterocycles. The van der Waals surface area contributed by atoms with Crippen LogP contribution in [0.2, 0.25) is 0 Å². The largest absolute Gasteiger partial charge is 0.386 e. The zero-order valence-electron chi connectivity index (χ0n) is 7.53. The lowest BCUT2D eigenvalue weighted by Gasteiger charge is -1.87. The Bertz CT molecular complexity index is 300. The lowest BCUT2D eigenvalue weighted by Crippen LogP contribution is -2.01. The van der Waals surface area contributed by atoms with Crippen molar-refractivity contribution in [3.8, 4) is 0 Å². The van der Waals surface area contributed by atoms with Crippen LogP contribution >= 0.6 is 0 Å². The van der Waals surface area contributed by atoms with Crippen molar-refractivity contribution in [1.82, 2.24) is 0 Å². The van der Waals surface area contributed by atoms with Crippen molar-refractivity contribution in [3.63, 3.8) is 0 Å². The van der Waals surface area contributed by atoms with Crippen molar-refractivity contribution in [1.29, 1.82) is 0 Å². The van der Waals surface area contributed by atoms with Gasteiger partial charge < -0.3 is 4.74 Å². The Hall–Kier alpha value is -1.64. The maximum atomic E-state index is 11.1. The van der Waals surface area contributed by atoms with E-state index in [-0.39, 0.29) is 0 Å². The van der Waals surface area contributed by atoms with E-state index in [0.717, 1.165) is 0 Å². The Morgan fingerprint density at radius 2 is 1.31 bits per heavy atom. The maximum Gasteiger partial charge on any atom is 0.346 e. The van der Waals surface area contributed by atoms with Crippen LogP contribution in [0, 0.1) is 0 Å². The molecule has 0 bridgehead atoms. The quantitative estimate of drug-likeness (QED) is 0.475. The van der Waals surface area contributed by atoms with E-state index in [2.05, 4.69) is 4.74 Å². The Balaban J connectivity index is 3.17. The number of hydrogen-bond donors (Lipinski definition) is 0. The van der Waals surface area contributed by atoms with Crippen molar-refractivity contribution >= 4 is 11.9 Å². The molecule has 0 radical (unpaired) electrons. The van der Waals surface area contributed by atoms with Crippen LogP contribution in [0.4, 0.5) is 0 Å². The lowest BCUT2D eigenvalue weighted by molar-refractivity contribution is -0.150. The van der Waals surface area contributed by atoms with E-state index in [4.69, 9.17) is 0 Å². The predicted molar refractivity (Wildman–Crippen MR) is 47.8 cm³/mol. The molecule has 68 valence electrons. The van der Waals surface area contributed by atoms with Crippen LogP contribution < -0.4 is 0 Å². The number of hydrogen-bond acceptors (Lipinski definition) is 3. The van der Waals surface area contributed by atoms with Gasteiger partial charge in [0, 0.05) is 0 Å². The van der Waals surface area contributed by atoms with Crippen LogP contribution in [-0.4, -0.2) is 11.9 Å². The molecular formula is C10H10O3. The summed E-state index contributed by atoms with van der Waals surface area (Å²) in [6, 6.07) is 0. The molecule has 0 saturated carbocycles. The smallest absolute Gasteiger partial charge is 0.346 e. The molecule has 0 aliphatic carbocycles. The van der Waals surface area contributed by atoms with Gasteiger partial charge in [-0.3, -0.25) is 0 Å². The van der Waals surface area contributed by atoms with Crippen molar-refractivity contribution in [3.05, 3.63) is 35.5 Å². The first-order valence-electron chi connectivity index (χ1n) is 3.97. The highest BCUT2D eigenvalue weighted by molar-refractivity contribution is 6.15. The summed E-state index contributed by atoms with van der Waals surface area (Å²) in [5.41, 5.74) is 0.649. The van der Waals surface area contributed by atoms with Crippen molar-refractivity contribution in [2.45, 2.75) is 13.8 Å². The molecule has 0 N–H and O–H groups in total. The summed E-state index contributed by atoms with van der Waals surface area (Å²) in [6.07, 6.45) is 6.53. The number of carbonyl (C=O) groups excluding carboxylic acids is 2. The molecule has 0 aromatic rings. The van der Waals surface area contributed by atoms with Gasteiger partial charge in [0.1, 0.15) is 0 Å². The molecule has 0 unspecified atom stereocenters. The fourth-order valence-electron chi connectivity index (χ4n) is 1.06. The second-order valence-corrected chi connectivity index (χ2v) is 2.50. The third-order valence-corrected chi connectivity index (χ3v) is 1.58. The normalized spacial score (nSPS) is 18.0. The van der Waals surface area contributed by atoms with Gasteiger partial charge in [0.2, 0.25) is 0 Å². The van der Waals surface area contributed by atoms with Crippen LogP contribution in [-0.2, 0) is 14.3 Å². The number of carbonyl (C=O) groups is 2. The molecule has 0 aromatic heterocycles. The van der Waals surface area contributed by atoms with Crippen molar-refractivity contribution in [2.75, 3.05) is 0 Å². The van der Waals surface area contributed by atoms with Gasteiger partial charge in [0.25, 0.3) is 0 Å². The summed E-state index contributed by atoms with van der Waals surface area (Å²) < 4.78 is 4.44. The van der Waals surface area contributed by atoms with E-state index >= 15 is 0 Å². The van der Waals surface area contributed by atoms with Crippen LogP contribution in [0.15, 0.2) is 35.5 Å². The molecular weight excluding hydrogens is 168 g/mol. The first-order valence-corrected chi connectivity index (χ1v) is 3.97. The molecule has 3 heteroatoms. The molecule has 0 fully saturated rings. The van der Waals surface area contributed by atoms with Gasteiger partial charge in [-0.25, -0.2) is 9.59 Å². The summed E-state index contributed by atoms with van der Waals surface area (Å²) in [5.74, 6) is -1.15.